The summed E-state index contributed by atoms with van der Waals surface area (Å²) >= 11 is 0. The molecule has 4 heteroatoms. The molecule has 1 atom stereocenters. The topological polar surface area (TPSA) is 62.3 Å². The Hall–Kier alpha value is -0.630. The van der Waals surface area contributed by atoms with Gasteiger partial charge in [0.1, 0.15) is 5.54 Å². The average molecular weight is 199 g/mol. The zero-order valence-electron chi connectivity index (χ0n) is 9.42. The lowest BCUT2D eigenvalue weighted by Crippen LogP contribution is -2.47. The summed E-state index contributed by atoms with van der Waals surface area (Å²) in [6, 6.07) is 2.09. The highest BCUT2D eigenvalue weighted by Gasteiger charge is 2.20. The fourth-order valence-electron chi connectivity index (χ4n) is 1.19. The molecule has 0 fully saturated rings. The number of ether oxygens (including phenoxy) is 1. The van der Waals surface area contributed by atoms with Crippen molar-refractivity contribution in [3.05, 3.63) is 0 Å². The maximum absolute atomic E-state index is 8.78. The Morgan fingerprint density at radius 1 is 1.50 bits per heavy atom. The van der Waals surface area contributed by atoms with Crippen molar-refractivity contribution in [1.82, 2.24) is 4.90 Å². The molecule has 0 bridgehead atoms. The minimum Gasteiger partial charge on any atom is -0.380 e. The minimum atomic E-state index is -0.762. The van der Waals surface area contributed by atoms with E-state index in [1.165, 1.54) is 0 Å². The Kier molecular flexibility index (Phi) is 6.46. The molecular weight excluding hydrogens is 178 g/mol. The molecule has 0 saturated heterocycles. The molecule has 0 spiro atoms. The quantitative estimate of drug-likeness (QED) is 0.609. The number of hydrogen-bond donors (Lipinski definition) is 1. The van der Waals surface area contributed by atoms with Gasteiger partial charge in [0, 0.05) is 19.7 Å². The molecule has 0 aromatic carbocycles. The van der Waals surface area contributed by atoms with Gasteiger partial charge in [0.25, 0.3) is 0 Å². The Labute approximate surface area is 86.6 Å². The third kappa shape index (κ3) is 5.92. The zero-order valence-corrected chi connectivity index (χ0v) is 9.42. The van der Waals surface area contributed by atoms with E-state index in [0.29, 0.717) is 13.2 Å². The summed E-state index contributed by atoms with van der Waals surface area (Å²) in [5, 5.41) is 8.78. The molecule has 0 saturated carbocycles. The van der Waals surface area contributed by atoms with Gasteiger partial charge < -0.3 is 10.5 Å². The fourth-order valence-corrected chi connectivity index (χ4v) is 1.19. The zero-order chi connectivity index (χ0) is 11.0. The highest BCUT2D eigenvalue weighted by Crippen LogP contribution is 2.01. The van der Waals surface area contributed by atoms with E-state index in [2.05, 4.69) is 17.9 Å². The van der Waals surface area contributed by atoms with Gasteiger partial charge in [-0.05, 0) is 20.4 Å². The standard InChI is InChI=1S/C10H21N3O/c1-4-13(6-7-14-5-2)9-10(3,12)8-11/h4-7,9,12H2,1-3H3. The SMILES string of the molecule is CCOCCN(CC)CC(C)(N)C#N. The summed E-state index contributed by atoms with van der Waals surface area (Å²) < 4.78 is 5.25. The predicted molar refractivity (Wildman–Crippen MR) is 56.8 cm³/mol. The number of rotatable bonds is 7. The van der Waals surface area contributed by atoms with E-state index >= 15 is 0 Å². The molecule has 0 heterocycles. The smallest absolute Gasteiger partial charge is 0.114 e. The molecule has 0 aliphatic rings. The van der Waals surface area contributed by atoms with E-state index < -0.39 is 5.54 Å². The van der Waals surface area contributed by atoms with Crippen molar-refractivity contribution in [2.45, 2.75) is 26.3 Å². The van der Waals surface area contributed by atoms with Crippen LogP contribution < -0.4 is 5.73 Å². The van der Waals surface area contributed by atoms with Crippen LogP contribution in [0.25, 0.3) is 0 Å². The van der Waals surface area contributed by atoms with Crippen LogP contribution in [0.4, 0.5) is 0 Å². The summed E-state index contributed by atoms with van der Waals surface area (Å²) in [5.41, 5.74) is 4.99. The monoisotopic (exact) mass is 199 g/mol. The Balaban J connectivity index is 3.86. The Bertz CT molecular complexity index is 186. The molecule has 4 nitrogen and oxygen atoms in total. The first kappa shape index (κ1) is 13.4. The van der Waals surface area contributed by atoms with Gasteiger partial charge >= 0.3 is 0 Å². The van der Waals surface area contributed by atoms with Gasteiger partial charge in [0.2, 0.25) is 0 Å². The van der Waals surface area contributed by atoms with Crippen LogP contribution in [-0.4, -0.2) is 43.3 Å². The van der Waals surface area contributed by atoms with Crippen LogP contribution in [0.5, 0.6) is 0 Å². The molecule has 82 valence electrons. The van der Waals surface area contributed by atoms with Crippen molar-refractivity contribution in [2.75, 3.05) is 32.8 Å². The third-order valence-corrected chi connectivity index (χ3v) is 2.01. The van der Waals surface area contributed by atoms with Gasteiger partial charge in [-0.1, -0.05) is 6.92 Å². The number of nitrogens with zero attached hydrogens (tertiary/aromatic N) is 2. The Morgan fingerprint density at radius 2 is 2.14 bits per heavy atom. The molecule has 0 aromatic heterocycles. The summed E-state index contributed by atoms with van der Waals surface area (Å²) in [5.74, 6) is 0. The second-order valence-corrected chi connectivity index (χ2v) is 3.59. The number of nitrogens with two attached hydrogens (primary N) is 1. The lowest BCUT2D eigenvalue weighted by atomic mass is 10.1. The van der Waals surface area contributed by atoms with Gasteiger partial charge in [-0.2, -0.15) is 5.26 Å². The van der Waals surface area contributed by atoms with Crippen LogP contribution in [0, 0.1) is 11.3 Å². The molecule has 0 amide bonds. The van der Waals surface area contributed by atoms with Crippen molar-refractivity contribution in [1.29, 1.82) is 5.26 Å². The van der Waals surface area contributed by atoms with E-state index in [9.17, 15) is 0 Å². The van der Waals surface area contributed by atoms with Crippen molar-refractivity contribution < 1.29 is 4.74 Å². The second kappa shape index (κ2) is 6.77. The molecule has 2 N–H and O–H groups in total. The fraction of sp³-hybridized carbons (Fsp3) is 0.900. The second-order valence-electron chi connectivity index (χ2n) is 3.59. The lowest BCUT2D eigenvalue weighted by Gasteiger charge is -2.26. The van der Waals surface area contributed by atoms with Crippen LogP contribution in [0.1, 0.15) is 20.8 Å². The largest absolute Gasteiger partial charge is 0.380 e. The molecule has 1 unspecified atom stereocenters. The molecular formula is C10H21N3O. The third-order valence-electron chi connectivity index (χ3n) is 2.01. The van der Waals surface area contributed by atoms with Gasteiger partial charge in [-0.3, -0.25) is 4.90 Å². The Morgan fingerprint density at radius 3 is 2.57 bits per heavy atom. The minimum absolute atomic E-state index is 0.590. The van der Waals surface area contributed by atoms with E-state index in [0.717, 1.165) is 19.7 Å². The first-order valence-electron chi connectivity index (χ1n) is 5.06. The molecule has 0 radical (unpaired) electrons. The first-order chi connectivity index (χ1) is 6.55. The highest BCUT2D eigenvalue weighted by atomic mass is 16.5. The van der Waals surface area contributed by atoms with E-state index in [1.807, 2.05) is 6.92 Å². The van der Waals surface area contributed by atoms with E-state index in [4.69, 9.17) is 15.7 Å². The molecule has 0 aliphatic carbocycles. The first-order valence-corrected chi connectivity index (χ1v) is 5.06. The van der Waals surface area contributed by atoms with Crippen LogP contribution in [-0.2, 0) is 4.74 Å². The van der Waals surface area contributed by atoms with Crippen LogP contribution in [0.2, 0.25) is 0 Å². The molecule has 14 heavy (non-hydrogen) atoms. The summed E-state index contributed by atoms with van der Waals surface area (Å²) in [6.45, 7) is 9.52. The van der Waals surface area contributed by atoms with Crippen LogP contribution >= 0.6 is 0 Å². The number of likely N-dealkylation sites (N-methyl/N-ethyl adjacent to an activating group) is 1. The predicted octanol–water partition coefficient (Wildman–Crippen LogP) is 0.586. The summed E-state index contributed by atoms with van der Waals surface area (Å²) in [4.78, 5) is 2.12. The van der Waals surface area contributed by atoms with Crippen molar-refractivity contribution >= 4 is 0 Å². The normalized spacial score (nSPS) is 15.1. The molecule has 0 rings (SSSR count). The van der Waals surface area contributed by atoms with E-state index in [1.54, 1.807) is 6.92 Å². The molecule has 0 aromatic rings. The summed E-state index contributed by atoms with van der Waals surface area (Å²) in [7, 11) is 0. The van der Waals surface area contributed by atoms with Crippen molar-refractivity contribution in [3.8, 4) is 6.07 Å². The average Bonchev–Trinajstić information content (AvgIpc) is 2.16. The maximum atomic E-state index is 8.78. The molecule has 0 aliphatic heterocycles. The maximum Gasteiger partial charge on any atom is 0.114 e. The van der Waals surface area contributed by atoms with Crippen LogP contribution in [0.3, 0.4) is 0 Å². The highest BCUT2D eigenvalue weighted by molar-refractivity contribution is 5.02. The number of nitriles is 1. The lowest BCUT2D eigenvalue weighted by molar-refractivity contribution is 0.110. The van der Waals surface area contributed by atoms with Gasteiger partial charge in [0.15, 0.2) is 0 Å². The summed E-state index contributed by atoms with van der Waals surface area (Å²) in [6.07, 6.45) is 0. The van der Waals surface area contributed by atoms with Crippen molar-refractivity contribution in [3.63, 3.8) is 0 Å². The number of hydrogen-bond acceptors (Lipinski definition) is 4. The van der Waals surface area contributed by atoms with Gasteiger partial charge in [0.05, 0.1) is 12.7 Å². The van der Waals surface area contributed by atoms with E-state index in [-0.39, 0.29) is 0 Å². The van der Waals surface area contributed by atoms with Gasteiger partial charge in [-0.25, -0.2) is 0 Å². The van der Waals surface area contributed by atoms with Crippen LogP contribution in [0.15, 0.2) is 0 Å². The van der Waals surface area contributed by atoms with Gasteiger partial charge in [-0.15, -0.1) is 0 Å². The van der Waals surface area contributed by atoms with Crippen molar-refractivity contribution in [2.24, 2.45) is 5.73 Å².